The number of carbonyl (C=O) groups is 1. The highest BCUT2D eigenvalue weighted by Crippen LogP contribution is 2.28. The van der Waals surface area contributed by atoms with Crippen molar-refractivity contribution in [1.82, 2.24) is 9.97 Å². The fourth-order valence-electron chi connectivity index (χ4n) is 2.49. The number of nitrogens with zero attached hydrogens (tertiary/aromatic N) is 2. The van der Waals surface area contributed by atoms with Crippen LogP contribution < -0.4 is 5.32 Å². The Morgan fingerprint density at radius 3 is 2.52 bits per heavy atom. The number of nitrogens with one attached hydrogen (secondary N) is 1. The number of anilines is 1. The topological polar surface area (TPSA) is 54.9 Å². The van der Waals surface area contributed by atoms with Crippen molar-refractivity contribution in [2.24, 2.45) is 0 Å². The van der Waals surface area contributed by atoms with Crippen LogP contribution in [0.1, 0.15) is 29.9 Å². The molecule has 0 aliphatic rings. The third kappa shape index (κ3) is 4.46. The number of rotatable bonds is 4. The number of aromatic nitrogens is 2. The summed E-state index contributed by atoms with van der Waals surface area (Å²) in [4.78, 5) is 20.3. The number of benzene rings is 1. The summed E-state index contributed by atoms with van der Waals surface area (Å²) in [5.41, 5.74) is -0.0570. The van der Waals surface area contributed by atoms with E-state index in [1.807, 2.05) is 0 Å². The van der Waals surface area contributed by atoms with Gasteiger partial charge < -0.3 is 5.32 Å². The lowest BCUT2D eigenvalue weighted by molar-refractivity contribution is 0.102. The summed E-state index contributed by atoms with van der Waals surface area (Å²) >= 11 is 5.86. The van der Waals surface area contributed by atoms with Crippen molar-refractivity contribution in [1.29, 1.82) is 0 Å². The SMILES string of the molecule is CC(C)(F)c1cc(C(=O)Nc2ccc(F)c(-c3ccnc(Cl)c3)c2)ccn1. The highest BCUT2D eigenvalue weighted by atomic mass is 35.5. The Kier molecular flexibility index (Phi) is 5.19. The predicted molar refractivity (Wildman–Crippen MR) is 101 cm³/mol. The maximum absolute atomic E-state index is 14.2. The van der Waals surface area contributed by atoms with Crippen molar-refractivity contribution >= 4 is 23.2 Å². The van der Waals surface area contributed by atoms with Gasteiger partial charge in [0.25, 0.3) is 5.91 Å². The molecule has 0 spiro atoms. The molecular weight excluding hydrogens is 372 g/mol. The Balaban J connectivity index is 1.88. The minimum Gasteiger partial charge on any atom is -0.322 e. The Hall–Kier alpha value is -2.86. The van der Waals surface area contributed by atoms with Crippen LogP contribution in [0.5, 0.6) is 0 Å². The van der Waals surface area contributed by atoms with Gasteiger partial charge in [-0.1, -0.05) is 11.6 Å². The van der Waals surface area contributed by atoms with Crippen molar-refractivity contribution in [2.75, 3.05) is 5.32 Å². The Morgan fingerprint density at radius 1 is 1.07 bits per heavy atom. The van der Waals surface area contributed by atoms with E-state index in [2.05, 4.69) is 15.3 Å². The molecule has 1 aromatic carbocycles. The average molecular weight is 388 g/mol. The van der Waals surface area contributed by atoms with Gasteiger partial charge in [-0.3, -0.25) is 9.78 Å². The molecule has 0 saturated carbocycles. The van der Waals surface area contributed by atoms with Gasteiger partial charge in [-0.15, -0.1) is 0 Å². The van der Waals surface area contributed by atoms with Crippen molar-refractivity contribution < 1.29 is 13.6 Å². The molecule has 0 radical (unpaired) electrons. The number of carbonyl (C=O) groups excluding carboxylic acids is 1. The molecule has 1 amide bonds. The molecule has 7 heteroatoms. The van der Waals surface area contributed by atoms with Crippen molar-refractivity contribution in [2.45, 2.75) is 19.5 Å². The Bertz CT molecular complexity index is 1000. The largest absolute Gasteiger partial charge is 0.322 e. The first-order valence-electron chi connectivity index (χ1n) is 8.12. The summed E-state index contributed by atoms with van der Waals surface area (Å²) in [5.74, 6) is -0.908. The predicted octanol–water partition coefficient (Wildman–Crippen LogP) is 5.39. The monoisotopic (exact) mass is 387 g/mol. The molecule has 0 unspecified atom stereocenters. The third-order valence-electron chi connectivity index (χ3n) is 3.89. The van der Waals surface area contributed by atoms with Gasteiger partial charge in [0.05, 0.1) is 5.69 Å². The van der Waals surface area contributed by atoms with Crippen LogP contribution in [0.25, 0.3) is 11.1 Å². The maximum atomic E-state index is 14.2. The number of pyridine rings is 2. The molecule has 0 saturated heterocycles. The van der Waals surface area contributed by atoms with E-state index in [0.29, 0.717) is 11.3 Å². The van der Waals surface area contributed by atoms with Crippen LogP contribution in [0.15, 0.2) is 54.9 Å². The second-order valence-corrected chi connectivity index (χ2v) is 6.81. The molecule has 27 heavy (non-hydrogen) atoms. The number of alkyl halides is 1. The van der Waals surface area contributed by atoms with E-state index in [0.717, 1.165) is 0 Å². The zero-order chi connectivity index (χ0) is 19.6. The van der Waals surface area contributed by atoms with Gasteiger partial charge in [0.2, 0.25) is 0 Å². The van der Waals surface area contributed by atoms with Crippen molar-refractivity contribution in [3.63, 3.8) is 0 Å². The van der Waals surface area contributed by atoms with Gasteiger partial charge in [0.15, 0.2) is 0 Å². The lowest BCUT2D eigenvalue weighted by atomic mass is 10.0. The van der Waals surface area contributed by atoms with Crippen LogP contribution in [0.4, 0.5) is 14.5 Å². The molecule has 138 valence electrons. The fourth-order valence-corrected chi connectivity index (χ4v) is 2.67. The molecule has 0 aliphatic heterocycles. The first-order valence-corrected chi connectivity index (χ1v) is 8.50. The van der Waals surface area contributed by atoms with E-state index in [9.17, 15) is 13.6 Å². The molecular formula is C20H16ClF2N3O. The van der Waals surface area contributed by atoms with Crippen LogP contribution in [0.3, 0.4) is 0 Å². The maximum Gasteiger partial charge on any atom is 0.255 e. The second-order valence-electron chi connectivity index (χ2n) is 6.42. The zero-order valence-corrected chi connectivity index (χ0v) is 15.4. The molecule has 2 heterocycles. The van der Waals surface area contributed by atoms with Crippen LogP contribution in [0, 0.1) is 5.82 Å². The smallest absolute Gasteiger partial charge is 0.255 e. The summed E-state index contributed by atoms with van der Waals surface area (Å²) < 4.78 is 28.3. The third-order valence-corrected chi connectivity index (χ3v) is 4.10. The van der Waals surface area contributed by atoms with Gasteiger partial charge in [0, 0.05) is 29.2 Å². The van der Waals surface area contributed by atoms with E-state index in [4.69, 9.17) is 11.6 Å². The summed E-state index contributed by atoms with van der Waals surface area (Å²) in [6, 6.07) is 10.2. The number of hydrogen-bond donors (Lipinski definition) is 1. The molecule has 0 fully saturated rings. The minimum atomic E-state index is -1.67. The quantitative estimate of drug-likeness (QED) is 0.610. The molecule has 3 rings (SSSR count). The van der Waals surface area contributed by atoms with Crippen LogP contribution in [-0.4, -0.2) is 15.9 Å². The second kappa shape index (κ2) is 7.40. The number of amides is 1. The molecule has 0 atom stereocenters. The van der Waals surface area contributed by atoms with Gasteiger partial charge in [-0.25, -0.2) is 13.8 Å². The zero-order valence-electron chi connectivity index (χ0n) is 14.6. The summed E-state index contributed by atoms with van der Waals surface area (Å²) in [6.07, 6.45) is 2.85. The number of hydrogen-bond acceptors (Lipinski definition) is 3. The van der Waals surface area contributed by atoms with E-state index >= 15 is 0 Å². The van der Waals surface area contributed by atoms with Crippen LogP contribution in [0.2, 0.25) is 5.15 Å². The minimum absolute atomic E-state index is 0.154. The Labute approximate surface area is 160 Å². The number of halogens is 3. The van der Waals surface area contributed by atoms with E-state index < -0.39 is 17.4 Å². The molecule has 4 nitrogen and oxygen atoms in total. The van der Waals surface area contributed by atoms with Crippen molar-refractivity contribution in [3.05, 3.63) is 77.1 Å². The first-order chi connectivity index (χ1) is 12.7. The molecule has 3 aromatic rings. The van der Waals surface area contributed by atoms with E-state index in [1.54, 1.807) is 6.07 Å². The first kappa shape index (κ1) is 18.9. The highest BCUT2D eigenvalue weighted by molar-refractivity contribution is 6.29. The lowest BCUT2D eigenvalue weighted by Gasteiger charge is -2.14. The summed E-state index contributed by atoms with van der Waals surface area (Å²) in [5, 5.41) is 2.92. The van der Waals surface area contributed by atoms with E-state index in [-0.39, 0.29) is 22.0 Å². The Morgan fingerprint density at radius 2 is 1.81 bits per heavy atom. The van der Waals surface area contributed by atoms with Crippen LogP contribution >= 0.6 is 11.6 Å². The van der Waals surface area contributed by atoms with E-state index in [1.165, 1.54) is 62.6 Å². The summed E-state index contributed by atoms with van der Waals surface area (Å²) in [6.45, 7) is 2.73. The molecule has 1 N–H and O–H groups in total. The van der Waals surface area contributed by atoms with Gasteiger partial charge in [-0.2, -0.15) is 0 Å². The average Bonchev–Trinajstić information content (AvgIpc) is 2.62. The normalized spacial score (nSPS) is 11.3. The fraction of sp³-hybridized carbons (Fsp3) is 0.150. The highest BCUT2D eigenvalue weighted by Gasteiger charge is 2.22. The van der Waals surface area contributed by atoms with Gasteiger partial charge in [0.1, 0.15) is 16.6 Å². The lowest BCUT2D eigenvalue weighted by Crippen LogP contribution is -2.16. The molecule has 0 aliphatic carbocycles. The van der Waals surface area contributed by atoms with Gasteiger partial charge in [-0.05, 0) is 61.9 Å². The molecule has 0 bridgehead atoms. The van der Waals surface area contributed by atoms with Gasteiger partial charge >= 0.3 is 0 Å². The van der Waals surface area contributed by atoms with Crippen LogP contribution in [-0.2, 0) is 5.67 Å². The molecule has 2 aromatic heterocycles. The van der Waals surface area contributed by atoms with Crippen molar-refractivity contribution in [3.8, 4) is 11.1 Å². The summed E-state index contributed by atoms with van der Waals surface area (Å²) in [7, 11) is 0. The standard InChI is InChI=1S/C20H16ClF2N3O/c1-20(2,23)17-9-13(6-7-24-17)19(27)26-14-3-4-16(22)15(11-14)12-5-8-25-18(21)10-12/h3-11H,1-2H3,(H,26,27).